The van der Waals surface area contributed by atoms with E-state index < -0.39 is 0 Å². The van der Waals surface area contributed by atoms with Gasteiger partial charge in [-0.15, -0.1) is 11.6 Å². The predicted octanol–water partition coefficient (Wildman–Crippen LogP) is 2.94. The average Bonchev–Trinajstić information content (AvgIpc) is 2.94. The Kier molecular flexibility index (Phi) is 5.05. The number of amides is 1. The minimum absolute atomic E-state index is 0.0952. The molecule has 1 atom stereocenters. The molecular weight excluding hydrogens is 266 g/mol. The maximum atomic E-state index is 11.9. The number of alkyl halides is 1. The standard InChI is InChI=1S/C14H18ClNO3/c1-2-18-12-6-5-11(8-10(12)9-15)16-14(17)13-4-3-7-19-13/h5-6,8,13H,2-4,7,9H2,1H3,(H,16,17). The van der Waals surface area contributed by atoms with Gasteiger partial charge in [-0.2, -0.15) is 0 Å². The number of nitrogens with one attached hydrogen (secondary N) is 1. The summed E-state index contributed by atoms with van der Waals surface area (Å²) in [6.07, 6.45) is 1.39. The molecule has 1 aliphatic rings. The van der Waals surface area contributed by atoms with Crippen LogP contribution in [0.5, 0.6) is 5.75 Å². The van der Waals surface area contributed by atoms with Crippen LogP contribution in [-0.4, -0.2) is 25.2 Å². The van der Waals surface area contributed by atoms with Crippen molar-refractivity contribution in [1.82, 2.24) is 0 Å². The van der Waals surface area contributed by atoms with Crippen LogP contribution in [0.3, 0.4) is 0 Å². The first-order valence-corrected chi connectivity index (χ1v) is 7.02. The Morgan fingerprint density at radius 1 is 1.58 bits per heavy atom. The number of benzene rings is 1. The highest BCUT2D eigenvalue weighted by molar-refractivity contribution is 6.17. The molecule has 0 saturated carbocycles. The number of rotatable bonds is 5. The van der Waals surface area contributed by atoms with E-state index in [4.69, 9.17) is 21.1 Å². The number of hydrogen-bond donors (Lipinski definition) is 1. The second-order valence-electron chi connectivity index (χ2n) is 4.38. The Balaban J connectivity index is 2.05. The van der Waals surface area contributed by atoms with Crippen molar-refractivity contribution in [3.8, 4) is 5.75 Å². The minimum Gasteiger partial charge on any atom is -0.494 e. The van der Waals surface area contributed by atoms with E-state index in [0.717, 1.165) is 29.8 Å². The topological polar surface area (TPSA) is 47.6 Å². The van der Waals surface area contributed by atoms with Gasteiger partial charge in [0.25, 0.3) is 5.91 Å². The van der Waals surface area contributed by atoms with E-state index in [0.29, 0.717) is 19.1 Å². The smallest absolute Gasteiger partial charge is 0.253 e. The van der Waals surface area contributed by atoms with E-state index in [-0.39, 0.29) is 12.0 Å². The van der Waals surface area contributed by atoms with Gasteiger partial charge >= 0.3 is 0 Å². The summed E-state index contributed by atoms with van der Waals surface area (Å²) in [5.74, 6) is 1.01. The fourth-order valence-corrected chi connectivity index (χ4v) is 2.27. The Morgan fingerprint density at radius 2 is 2.42 bits per heavy atom. The largest absolute Gasteiger partial charge is 0.494 e. The zero-order chi connectivity index (χ0) is 13.7. The molecule has 1 heterocycles. The highest BCUT2D eigenvalue weighted by Gasteiger charge is 2.23. The number of anilines is 1. The summed E-state index contributed by atoms with van der Waals surface area (Å²) in [6.45, 7) is 3.17. The summed E-state index contributed by atoms with van der Waals surface area (Å²) in [6, 6.07) is 5.48. The third kappa shape index (κ3) is 3.61. The molecule has 4 nitrogen and oxygen atoms in total. The van der Waals surface area contributed by atoms with E-state index >= 15 is 0 Å². The number of ether oxygens (including phenoxy) is 2. The SMILES string of the molecule is CCOc1ccc(NC(=O)C2CCCO2)cc1CCl. The van der Waals surface area contributed by atoms with Crippen molar-refractivity contribution in [2.75, 3.05) is 18.5 Å². The molecule has 1 aromatic carbocycles. The Hall–Kier alpha value is -1.26. The molecule has 1 saturated heterocycles. The van der Waals surface area contributed by atoms with Crippen molar-refractivity contribution in [2.24, 2.45) is 0 Å². The lowest BCUT2D eigenvalue weighted by atomic mass is 10.2. The molecule has 1 fully saturated rings. The first-order chi connectivity index (χ1) is 9.24. The molecule has 1 unspecified atom stereocenters. The molecule has 0 aromatic heterocycles. The zero-order valence-corrected chi connectivity index (χ0v) is 11.7. The third-order valence-corrected chi connectivity index (χ3v) is 3.28. The van der Waals surface area contributed by atoms with Crippen LogP contribution < -0.4 is 10.1 Å². The quantitative estimate of drug-likeness (QED) is 0.845. The summed E-state index contributed by atoms with van der Waals surface area (Å²) in [4.78, 5) is 11.9. The minimum atomic E-state index is -0.328. The van der Waals surface area contributed by atoms with Crippen LogP contribution in [-0.2, 0) is 15.4 Å². The fraction of sp³-hybridized carbons (Fsp3) is 0.500. The van der Waals surface area contributed by atoms with Crippen molar-refractivity contribution in [3.63, 3.8) is 0 Å². The zero-order valence-electron chi connectivity index (χ0n) is 10.9. The fourth-order valence-electron chi connectivity index (χ4n) is 2.07. The van der Waals surface area contributed by atoms with Gasteiger partial charge in [0, 0.05) is 17.9 Å². The van der Waals surface area contributed by atoms with E-state index in [1.54, 1.807) is 0 Å². The molecule has 0 bridgehead atoms. The lowest BCUT2D eigenvalue weighted by molar-refractivity contribution is -0.124. The molecule has 5 heteroatoms. The van der Waals surface area contributed by atoms with Crippen LogP contribution in [0.15, 0.2) is 18.2 Å². The van der Waals surface area contributed by atoms with Crippen LogP contribution in [0.25, 0.3) is 0 Å². The van der Waals surface area contributed by atoms with Gasteiger partial charge in [-0.25, -0.2) is 0 Å². The first kappa shape index (κ1) is 14.2. The van der Waals surface area contributed by atoms with Gasteiger partial charge in [-0.05, 0) is 38.0 Å². The molecule has 1 aromatic rings. The van der Waals surface area contributed by atoms with Gasteiger partial charge in [0.2, 0.25) is 0 Å². The van der Waals surface area contributed by atoms with E-state index in [2.05, 4.69) is 5.32 Å². The third-order valence-electron chi connectivity index (χ3n) is 2.99. The van der Waals surface area contributed by atoms with E-state index in [9.17, 15) is 4.79 Å². The molecule has 0 aliphatic carbocycles. The van der Waals surface area contributed by atoms with Crippen molar-refractivity contribution in [2.45, 2.75) is 31.7 Å². The van der Waals surface area contributed by atoms with Crippen LogP contribution in [0.4, 0.5) is 5.69 Å². The average molecular weight is 284 g/mol. The summed E-state index contributed by atoms with van der Waals surface area (Å²) >= 11 is 5.89. The van der Waals surface area contributed by atoms with Gasteiger partial charge in [0.1, 0.15) is 11.9 Å². The molecule has 1 N–H and O–H groups in total. The summed E-state index contributed by atoms with van der Waals surface area (Å²) in [5, 5.41) is 2.85. The second-order valence-corrected chi connectivity index (χ2v) is 4.65. The van der Waals surface area contributed by atoms with Crippen LogP contribution >= 0.6 is 11.6 Å². The Labute approximate surface area is 118 Å². The number of carbonyl (C=O) groups excluding carboxylic acids is 1. The molecular formula is C14H18ClNO3. The predicted molar refractivity (Wildman–Crippen MR) is 74.8 cm³/mol. The highest BCUT2D eigenvalue weighted by Crippen LogP contribution is 2.25. The molecule has 104 valence electrons. The number of hydrogen-bond acceptors (Lipinski definition) is 3. The number of carbonyl (C=O) groups is 1. The molecule has 0 radical (unpaired) electrons. The highest BCUT2D eigenvalue weighted by atomic mass is 35.5. The molecule has 2 rings (SSSR count). The Bertz CT molecular complexity index is 444. The molecule has 1 amide bonds. The molecule has 19 heavy (non-hydrogen) atoms. The van der Waals surface area contributed by atoms with E-state index in [1.807, 2.05) is 25.1 Å². The molecule has 1 aliphatic heterocycles. The lowest BCUT2D eigenvalue weighted by Gasteiger charge is -2.13. The van der Waals surface area contributed by atoms with Gasteiger partial charge in [0.15, 0.2) is 0 Å². The van der Waals surface area contributed by atoms with Crippen molar-refractivity contribution in [1.29, 1.82) is 0 Å². The summed E-state index contributed by atoms with van der Waals surface area (Å²) in [7, 11) is 0. The van der Waals surface area contributed by atoms with Gasteiger partial charge in [-0.3, -0.25) is 4.79 Å². The monoisotopic (exact) mass is 283 g/mol. The van der Waals surface area contributed by atoms with Crippen molar-refractivity contribution in [3.05, 3.63) is 23.8 Å². The second kappa shape index (κ2) is 6.78. The van der Waals surface area contributed by atoms with Gasteiger partial charge < -0.3 is 14.8 Å². The van der Waals surface area contributed by atoms with E-state index in [1.165, 1.54) is 0 Å². The summed E-state index contributed by atoms with van der Waals surface area (Å²) in [5.41, 5.74) is 1.59. The molecule has 0 spiro atoms. The maximum Gasteiger partial charge on any atom is 0.253 e. The summed E-state index contributed by atoms with van der Waals surface area (Å²) < 4.78 is 10.8. The van der Waals surface area contributed by atoms with Gasteiger partial charge in [0.05, 0.1) is 12.5 Å². The van der Waals surface area contributed by atoms with Crippen molar-refractivity contribution >= 4 is 23.2 Å². The first-order valence-electron chi connectivity index (χ1n) is 6.48. The lowest BCUT2D eigenvalue weighted by Crippen LogP contribution is -2.26. The number of halogens is 1. The van der Waals surface area contributed by atoms with Crippen LogP contribution in [0.2, 0.25) is 0 Å². The maximum absolute atomic E-state index is 11.9. The van der Waals surface area contributed by atoms with Gasteiger partial charge in [-0.1, -0.05) is 0 Å². The van der Waals surface area contributed by atoms with Crippen LogP contribution in [0, 0.1) is 0 Å². The Morgan fingerprint density at radius 3 is 3.05 bits per heavy atom. The van der Waals surface area contributed by atoms with Crippen molar-refractivity contribution < 1.29 is 14.3 Å². The normalized spacial score (nSPS) is 18.3. The van der Waals surface area contributed by atoms with Crippen LogP contribution in [0.1, 0.15) is 25.3 Å².